The van der Waals surface area contributed by atoms with Crippen LogP contribution in [0.15, 0.2) is 41.0 Å². The fourth-order valence-electron chi connectivity index (χ4n) is 2.32. The highest BCUT2D eigenvalue weighted by atomic mass is 16.3. The maximum absolute atomic E-state index is 12.4. The normalized spacial score (nSPS) is 18.4. The second-order valence-electron chi connectivity index (χ2n) is 4.48. The molecule has 3 rings (SSSR count). The predicted molar refractivity (Wildman–Crippen MR) is 68.3 cm³/mol. The Morgan fingerprint density at radius 3 is 2.83 bits per heavy atom. The Labute approximate surface area is 105 Å². The maximum Gasteiger partial charge on any atom is 0.257 e. The van der Waals surface area contributed by atoms with E-state index in [-0.39, 0.29) is 12.1 Å². The van der Waals surface area contributed by atoms with Gasteiger partial charge in [-0.05, 0) is 30.7 Å². The summed E-state index contributed by atoms with van der Waals surface area (Å²) in [6.07, 6.45) is 1.36. The van der Waals surface area contributed by atoms with Crippen molar-refractivity contribution in [2.45, 2.75) is 13.1 Å². The number of furan rings is 1. The lowest BCUT2D eigenvalue weighted by Crippen LogP contribution is -2.40. The van der Waals surface area contributed by atoms with Crippen LogP contribution in [0.2, 0.25) is 0 Å². The minimum Gasteiger partial charge on any atom is -0.465 e. The highest BCUT2D eigenvalue weighted by Gasteiger charge is 2.32. The summed E-state index contributed by atoms with van der Waals surface area (Å²) >= 11 is 0. The van der Waals surface area contributed by atoms with Crippen molar-refractivity contribution in [2.24, 2.45) is 0 Å². The molecule has 0 radical (unpaired) electrons. The van der Waals surface area contributed by atoms with E-state index < -0.39 is 0 Å². The van der Waals surface area contributed by atoms with Crippen LogP contribution in [0, 0.1) is 6.92 Å². The fraction of sp³-hybridized carbons (Fsp3) is 0.214. The number of nitrogens with zero attached hydrogens (tertiary/aromatic N) is 1. The van der Waals surface area contributed by atoms with Gasteiger partial charge in [0.2, 0.25) is 0 Å². The topological polar surface area (TPSA) is 45.5 Å². The first kappa shape index (κ1) is 10.9. The van der Waals surface area contributed by atoms with Gasteiger partial charge in [0.05, 0.1) is 11.8 Å². The Morgan fingerprint density at radius 2 is 2.11 bits per heavy atom. The molecule has 1 unspecified atom stereocenters. The Bertz CT molecular complexity index is 590. The molecule has 2 heterocycles. The van der Waals surface area contributed by atoms with E-state index in [9.17, 15) is 4.79 Å². The Morgan fingerprint density at radius 1 is 1.28 bits per heavy atom. The van der Waals surface area contributed by atoms with Gasteiger partial charge in [-0.25, -0.2) is 0 Å². The minimum absolute atomic E-state index is 0.0169. The quantitative estimate of drug-likeness (QED) is 0.836. The summed E-state index contributed by atoms with van der Waals surface area (Å²) in [6.45, 7) is 1.94. The van der Waals surface area contributed by atoms with Crippen molar-refractivity contribution in [1.82, 2.24) is 4.90 Å². The van der Waals surface area contributed by atoms with Gasteiger partial charge in [0.15, 0.2) is 6.17 Å². The molecule has 1 atom stereocenters. The van der Waals surface area contributed by atoms with Gasteiger partial charge in [-0.3, -0.25) is 4.79 Å². The third-order valence-electron chi connectivity index (χ3n) is 3.30. The Hall–Kier alpha value is -2.23. The molecule has 0 bridgehead atoms. The number of rotatable bonds is 1. The molecule has 1 aliphatic rings. The molecule has 2 aromatic rings. The minimum atomic E-state index is -0.248. The lowest BCUT2D eigenvalue weighted by molar-refractivity contribution is 0.0718. The van der Waals surface area contributed by atoms with Gasteiger partial charge in [0.25, 0.3) is 5.91 Å². The molecule has 92 valence electrons. The summed E-state index contributed by atoms with van der Waals surface area (Å²) in [4.78, 5) is 14.0. The third kappa shape index (κ3) is 1.49. The lowest BCUT2D eigenvalue weighted by atomic mass is 10.0. The van der Waals surface area contributed by atoms with E-state index in [4.69, 9.17) is 4.42 Å². The van der Waals surface area contributed by atoms with Gasteiger partial charge < -0.3 is 14.6 Å². The van der Waals surface area contributed by atoms with E-state index in [0.29, 0.717) is 0 Å². The van der Waals surface area contributed by atoms with Gasteiger partial charge in [-0.15, -0.1) is 0 Å². The van der Waals surface area contributed by atoms with Crippen LogP contribution in [-0.4, -0.2) is 17.9 Å². The molecule has 0 saturated heterocycles. The van der Waals surface area contributed by atoms with Gasteiger partial charge in [-0.2, -0.15) is 0 Å². The molecule has 1 aromatic heterocycles. The summed E-state index contributed by atoms with van der Waals surface area (Å²) in [5, 5.41) is 3.33. The molecule has 1 aromatic carbocycles. The van der Waals surface area contributed by atoms with Crippen molar-refractivity contribution in [2.75, 3.05) is 12.4 Å². The maximum atomic E-state index is 12.4. The first-order valence-corrected chi connectivity index (χ1v) is 5.85. The summed E-state index contributed by atoms with van der Waals surface area (Å²) in [5.74, 6) is 0.751. The van der Waals surface area contributed by atoms with E-state index >= 15 is 0 Å². The monoisotopic (exact) mass is 242 g/mol. The largest absolute Gasteiger partial charge is 0.465 e. The van der Waals surface area contributed by atoms with E-state index in [1.165, 1.54) is 0 Å². The zero-order valence-electron chi connectivity index (χ0n) is 10.3. The van der Waals surface area contributed by atoms with Crippen LogP contribution in [0.3, 0.4) is 0 Å². The van der Waals surface area contributed by atoms with Crippen molar-refractivity contribution in [3.8, 4) is 0 Å². The molecule has 4 nitrogen and oxygen atoms in total. The van der Waals surface area contributed by atoms with Crippen molar-refractivity contribution in [3.05, 3.63) is 53.5 Å². The molecular formula is C14H14N2O2. The van der Waals surface area contributed by atoms with Gasteiger partial charge in [0.1, 0.15) is 5.76 Å². The lowest BCUT2D eigenvalue weighted by Gasteiger charge is -2.34. The Kier molecular flexibility index (Phi) is 2.37. The van der Waals surface area contributed by atoms with E-state index in [0.717, 1.165) is 22.6 Å². The van der Waals surface area contributed by atoms with E-state index in [1.54, 1.807) is 18.2 Å². The number of aryl methyl sites for hydroxylation is 1. The molecule has 1 aliphatic heterocycles. The zero-order valence-corrected chi connectivity index (χ0v) is 10.3. The molecule has 1 N–H and O–H groups in total. The molecule has 1 amide bonds. The zero-order chi connectivity index (χ0) is 12.7. The van der Waals surface area contributed by atoms with Crippen LogP contribution in [0.4, 0.5) is 5.69 Å². The number of amides is 1. The summed E-state index contributed by atoms with van der Waals surface area (Å²) in [6, 6.07) is 9.49. The Balaban J connectivity index is 2.08. The van der Waals surface area contributed by atoms with Crippen molar-refractivity contribution < 1.29 is 9.21 Å². The van der Waals surface area contributed by atoms with Gasteiger partial charge in [-0.1, -0.05) is 12.1 Å². The summed E-state index contributed by atoms with van der Waals surface area (Å²) in [7, 11) is 1.78. The van der Waals surface area contributed by atoms with Gasteiger partial charge >= 0.3 is 0 Å². The fourth-order valence-corrected chi connectivity index (χ4v) is 2.32. The summed E-state index contributed by atoms with van der Waals surface area (Å²) < 4.78 is 5.38. The molecule has 0 spiro atoms. The van der Waals surface area contributed by atoms with Crippen LogP contribution >= 0.6 is 0 Å². The number of hydrogen-bond donors (Lipinski definition) is 1. The molecule has 0 saturated carbocycles. The second-order valence-corrected chi connectivity index (χ2v) is 4.48. The molecule has 18 heavy (non-hydrogen) atoms. The van der Waals surface area contributed by atoms with Crippen LogP contribution in [0.1, 0.15) is 27.8 Å². The highest BCUT2D eigenvalue weighted by Crippen LogP contribution is 2.33. The SMILES string of the molecule is Cc1cccc2c1C(=O)N(C)C(c1ccco1)N2. The van der Waals surface area contributed by atoms with Gasteiger partial charge in [0, 0.05) is 12.7 Å². The number of nitrogens with one attached hydrogen (secondary N) is 1. The molecule has 0 aliphatic carbocycles. The standard InChI is InChI=1S/C14H14N2O2/c1-9-5-3-6-10-12(9)14(17)16(2)13(15-10)11-7-4-8-18-11/h3-8,13,15H,1-2H3. The number of anilines is 1. The van der Waals surface area contributed by atoms with E-state index in [1.807, 2.05) is 37.3 Å². The van der Waals surface area contributed by atoms with E-state index in [2.05, 4.69) is 5.32 Å². The average Bonchev–Trinajstić information content (AvgIpc) is 2.87. The first-order valence-electron chi connectivity index (χ1n) is 5.85. The number of carbonyl (C=O) groups excluding carboxylic acids is 1. The molecule has 4 heteroatoms. The van der Waals surface area contributed by atoms with Crippen LogP contribution in [0.25, 0.3) is 0 Å². The highest BCUT2D eigenvalue weighted by molar-refractivity contribution is 6.02. The van der Waals surface area contributed by atoms with Crippen molar-refractivity contribution >= 4 is 11.6 Å². The average molecular weight is 242 g/mol. The van der Waals surface area contributed by atoms with Crippen molar-refractivity contribution in [1.29, 1.82) is 0 Å². The van der Waals surface area contributed by atoms with Crippen LogP contribution < -0.4 is 5.32 Å². The summed E-state index contributed by atoms with van der Waals surface area (Å²) in [5.41, 5.74) is 2.58. The number of hydrogen-bond acceptors (Lipinski definition) is 3. The van der Waals surface area contributed by atoms with Crippen LogP contribution in [-0.2, 0) is 0 Å². The van der Waals surface area contributed by atoms with Crippen LogP contribution in [0.5, 0.6) is 0 Å². The molecule has 0 fully saturated rings. The number of fused-ring (bicyclic) bond motifs is 1. The number of carbonyl (C=O) groups is 1. The second kappa shape index (κ2) is 3.91. The van der Waals surface area contributed by atoms with Crippen molar-refractivity contribution in [3.63, 3.8) is 0 Å². The predicted octanol–water partition coefficient (Wildman–Crippen LogP) is 2.78. The smallest absolute Gasteiger partial charge is 0.257 e. The number of benzene rings is 1. The third-order valence-corrected chi connectivity index (χ3v) is 3.30. The first-order chi connectivity index (χ1) is 8.68. The molecular weight excluding hydrogens is 228 g/mol.